The number of para-hydroxylation sites is 1. The van der Waals surface area contributed by atoms with Crippen molar-refractivity contribution in [3.05, 3.63) is 115 Å². The smallest absolute Gasteiger partial charge is 0.274 e. The van der Waals surface area contributed by atoms with Crippen LogP contribution in [0.5, 0.6) is 11.5 Å². The molecule has 0 aliphatic rings. The summed E-state index contributed by atoms with van der Waals surface area (Å²) in [5, 5.41) is 0. The van der Waals surface area contributed by atoms with Gasteiger partial charge in [0.05, 0.1) is 6.26 Å². The van der Waals surface area contributed by atoms with E-state index in [1.807, 2.05) is 115 Å². The predicted molar refractivity (Wildman–Crippen MR) is 124 cm³/mol. The maximum atomic E-state index is 12.4. The number of rotatable bonds is 7. The second-order valence-corrected chi connectivity index (χ2v) is 11.3. The Morgan fingerprint density at radius 1 is 0.516 bits per heavy atom. The molecule has 4 aromatic rings. The first-order valence-electron chi connectivity index (χ1n) is 9.65. The average Bonchev–Trinajstić information content (AvgIpc) is 2.79. The SMILES string of the molecule is CS(=O)(=O)OS(c1ccccc1)(c1ccccc1)c1ccc(Oc2ccccc2)cc1. The summed E-state index contributed by atoms with van der Waals surface area (Å²) in [6, 6.07) is 35.9. The molecule has 0 heterocycles. The van der Waals surface area contributed by atoms with E-state index < -0.39 is 20.4 Å². The molecule has 4 nitrogen and oxygen atoms in total. The van der Waals surface area contributed by atoms with Crippen LogP contribution in [0.3, 0.4) is 0 Å². The van der Waals surface area contributed by atoms with Gasteiger partial charge in [-0.3, -0.25) is 0 Å². The third-order valence-corrected chi connectivity index (χ3v) is 9.12. The van der Waals surface area contributed by atoms with Gasteiger partial charge in [0.15, 0.2) is 0 Å². The molecule has 0 bridgehead atoms. The van der Waals surface area contributed by atoms with Crippen molar-refractivity contribution in [1.82, 2.24) is 0 Å². The van der Waals surface area contributed by atoms with Crippen LogP contribution in [0.4, 0.5) is 0 Å². The monoisotopic (exact) mass is 450 g/mol. The normalized spacial score (nSPS) is 12.3. The van der Waals surface area contributed by atoms with Crippen LogP contribution in [0.25, 0.3) is 0 Å². The van der Waals surface area contributed by atoms with E-state index in [0.29, 0.717) is 5.75 Å². The number of hydrogen-bond acceptors (Lipinski definition) is 4. The molecule has 0 aliphatic heterocycles. The van der Waals surface area contributed by atoms with Crippen molar-refractivity contribution in [2.45, 2.75) is 14.7 Å². The number of ether oxygens (including phenoxy) is 1. The third-order valence-electron chi connectivity index (χ3n) is 4.51. The topological polar surface area (TPSA) is 52.6 Å². The molecule has 0 fully saturated rings. The second kappa shape index (κ2) is 8.98. The summed E-state index contributed by atoms with van der Waals surface area (Å²) < 4.78 is 36.8. The van der Waals surface area contributed by atoms with E-state index in [-0.39, 0.29) is 0 Å². The average molecular weight is 451 g/mol. The molecule has 0 radical (unpaired) electrons. The van der Waals surface area contributed by atoms with Crippen molar-refractivity contribution < 1.29 is 16.8 Å². The highest BCUT2D eigenvalue weighted by Gasteiger charge is 2.36. The zero-order valence-electron chi connectivity index (χ0n) is 16.9. The largest absolute Gasteiger partial charge is 0.457 e. The van der Waals surface area contributed by atoms with Gasteiger partial charge in [-0.1, -0.05) is 54.6 Å². The molecule has 0 N–H and O–H groups in total. The summed E-state index contributed by atoms with van der Waals surface area (Å²) in [5.74, 6) is 1.39. The van der Waals surface area contributed by atoms with Gasteiger partial charge in [-0.15, -0.1) is 0 Å². The molecule has 0 aliphatic carbocycles. The molecule has 0 unspecified atom stereocenters. The first-order valence-corrected chi connectivity index (χ1v) is 13.0. The minimum atomic E-state index is -3.78. The molecule has 0 amide bonds. The van der Waals surface area contributed by atoms with Crippen LogP contribution >= 0.6 is 10.3 Å². The molecular formula is C25H22O4S2. The summed E-state index contributed by atoms with van der Waals surface area (Å²) >= 11 is 0. The summed E-state index contributed by atoms with van der Waals surface area (Å²) in [5.41, 5.74) is 0. The summed E-state index contributed by atoms with van der Waals surface area (Å²) in [7, 11) is -6.30. The van der Waals surface area contributed by atoms with Gasteiger partial charge in [0.25, 0.3) is 10.1 Å². The van der Waals surface area contributed by atoms with E-state index in [1.54, 1.807) is 0 Å². The predicted octanol–water partition coefficient (Wildman–Crippen LogP) is 6.65. The first-order chi connectivity index (χ1) is 15.0. The van der Waals surface area contributed by atoms with Crippen LogP contribution < -0.4 is 4.74 Å². The van der Waals surface area contributed by atoms with Gasteiger partial charge in [-0.05, 0) is 71.0 Å². The Bertz CT molecular complexity index is 1190. The lowest BCUT2D eigenvalue weighted by molar-refractivity contribution is 0.482. The first kappa shape index (κ1) is 21.2. The van der Waals surface area contributed by atoms with Crippen LogP contribution in [0.15, 0.2) is 130 Å². The van der Waals surface area contributed by atoms with E-state index in [9.17, 15) is 8.42 Å². The van der Waals surface area contributed by atoms with Crippen LogP contribution in [0.2, 0.25) is 0 Å². The van der Waals surface area contributed by atoms with Gasteiger partial charge in [-0.25, -0.2) is 3.63 Å². The molecule has 4 aromatic carbocycles. The van der Waals surface area contributed by atoms with Gasteiger partial charge < -0.3 is 4.74 Å². The maximum absolute atomic E-state index is 12.4. The molecule has 31 heavy (non-hydrogen) atoms. The summed E-state index contributed by atoms with van der Waals surface area (Å²) in [4.78, 5) is 2.35. The van der Waals surface area contributed by atoms with Gasteiger partial charge in [0.2, 0.25) is 0 Å². The number of hydrogen-bond donors (Lipinski definition) is 0. The van der Waals surface area contributed by atoms with Gasteiger partial charge in [-0.2, -0.15) is 8.42 Å². The van der Waals surface area contributed by atoms with Crippen molar-refractivity contribution >= 4 is 20.4 Å². The summed E-state index contributed by atoms with van der Waals surface area (Å²) in [6.45, 7) is 0. The fourth-order valence-corrected chi connectivity index (χ4v) is 8.10. The van der Waals surface area contributed by atoms with Gasteiger partial charge in [0, 0.05) is 14.7 Å². The maximum Gasteiger partial charge on any atom is 0.274 e. The zero-order chi connectivity index (χ0) is 21.7. The molecule has 6 heteroatoms. The molecule has 158 valence electrons. The third kappa shape index (κ3) is 4.82. The minimum absolute atomic E-state index is 0.656. The highest BCUT2D eigenvalue weighted by atomic mass is 32.3. The van der Waals surface area contributed by atoms with E-state index >= 15 is 0 Å². The van der Waals surface area contributed by atoms with E-state index in [0.717, 1.165) is 26.7 Å². The highest BCUT2D eigenvalue weighted by molar-refractivity contribution is 8.33. The van der Waals surface area contributed by atoms with E-state index in [4.69, 9.17) is 8.37 Å². The van der Waals surface area contributed by atoms with E-state index in [2.05, 4.69) is 0 Å². The molecule has 0 saturated heterocycles. The van der Waals surface area contributed by atoms with Crippen molar-refractivity contribution in [2.75, 3.05) is 6.26 Å². The minimum Gasteiger partial charge on any atom is -0.457 e. The Labute approximate surface area is 184 Å². The lowest BCUT2D eigenvalue weighted by atomic mass is 10.3. The second-order valence-electron chi connectivity index (χ2n) is 6.84. The molecule has 0 atom stereocenters. The van der Waals surface area contributed by atoms with E-state index in [1.165, 1.54) is 0 Å². The standard InChI is InChI=1S/C25H22O4S2/c1-30(26,27)29-31(23-13-7-3-8-14-23,24-15-9-4-10-16-24)25-19-17-22(18-20-25)28-21-11-5-2-6-12-21/h2-20H,1H3. The van der Waals surface area contributed by atoms with Gasteiger partial charge >= 0.3 is 0 Å². The Kier molecular flexibility index (Phi) is 6.13. The van der Waals surface area contributed by atoms with Crippen molar-refractivity contribution in [2.24, 2.45) is 0 Å². The highest BCUT2D eigenvalue weighted by Crippen LogP contribution is 2.69. The van der Waals surface area contributed by atoms with Crippen molar-refractivity contribution in [1.29, 1.82) is 0 Å². The van der Waals surface area contributed by atoms with Crippen LogP contribution in [0, 0.1) is 0 Å². The zero-order valence-corrected chi connectivity index (χ0v) is 18.6. The Morgan fingerprint density at radius 3 is 1.35 bits per heavy atom. The molecule has 0 spiro atoms. The fourth-order valence-electron chi connectivity index (χ4n) is 3.26. The molecule has 0 aromatic heterocycles. The van der Waals surface area contributed by atoms with Gasteiger partial charge in [0.1, 0.15) is 11.5 Å². The molecular weight excluding hydrogens is 428 g/mol. The lowest BCUT2D eigenvalue weighted by Crippen LogP contribution is -2.12. The molecule has 0 saturated carbocycles. The lowest BCUT2D eigenvalue weighted by Gasteiger charge is -2.39. The quantitative estimate of drug-likeness (QED) is 0.316. The number of benzene rings is 4. The Hall–Kier alpha value is -3.06. The van der Waals surface area contributed by atoms with Crippen LogP contribution in [-0.4, -0.2) is 14.7 Å². The Balaban J connectivity index is 1.86. The Morgan fingerprint density at radius 2 is 0.903 bits per heavy atom. The fraction of sp³-hybridized carbons (Fsp3) is 0.0400. The molecule has 4 rings (SSSR count). The van der Waals surface area contributed by atoms with Crippen molar-refractivity contribution in [3.63, 3.8) is 0 Å². The van der Waals surface area contributed by atoms with Crippen LogP contribution in [-0.2, 0) is 13.7 Å². The van der Waals surface area contributed by atoms with Crippen molar-refractivity contribution in [3.8, 4) is 11.5 Å². The van der Waals surface area contributed by atoms with Crippen LogP contribution in [0.1, 0.15) is 0 Å². The summed E-state index contributed by atoms with van der Waals surface area (Å²) in [6.07, 6.45) is 1.09.